The molecule has 0 spiro atoms. The van der Waals surface area contributed by atoms with Crippen LogP contribution in [0.1, 0.15) is 48.9 Å². The van der Waals surface area contributed by atoms with Crippen LogP contribution in [0.15, 0.2) is 23.4 Å². The van der Waals surface area contributed by atoms with Gasteiger partial charge in [0.2, 0.25) is 0 Å². The third-order valence-corrected chi connectivity index (χ3v) is 3.62. The van der Waals surface area contributed by atoms with E-state index in [-0.39, 0.29) is 18.6 Å². The van der Waals surface area contributed by atoms with Gasteiger partial charge in [-0.05, 0) is 37.1 Å². The van der Waals surface area contributed by atoms with E-state index in [1.165, 1.54) is 7.11 Å². The normalized spacial score (nSPS) is 15.6. The molecule has 0 radical (unpaired) electrons. The van der Waals surface area contributed by atoms with Crippen LogP contribution in [0.4, 0.5) is 11.4 Å². The lowest BCUT2D eigenvalue weighted by Gasteiger charge is -2.33. The van der Waals surface area contributed by atoms with Crippen LogP contribution >= 0.6 is 0 Å². The Kier molecular flexibility index (Phi) is 13.7. The molecule has 140 valence electrons. The molecule has 1 fully saturated rings. The minimum atomic E-state index is 0. The van der Waals surface area contributed by atoms with Crippen LogP contribution in [0.25, 0.3) is 0 Å². The Morgan fingerprint density at radius 2 is 1.92 bits per heavy atom. The van der Waals surface area contributed by atoms with E-state index in [0.29, 0.717) is 11.4 Å². The summed E-state index contributed by atoms with van der Waals surface area (Å²) >= 11 is 0. The molecule has 0 bridgehead atoms. The Hall–Kier alpha value is -1.95. The van der Waals surface area contributed by atoms with E-state index in [2.05, 4.69) is 10.1 Å². The zero-order chi connectivity index (χ0) is 17.8. The quantitative estimate of drug-likeness (QED) is 0.760. The number of anilines is 1. The number of piperidine rings is 1. The van der Waals surface area contributed by atoms with E-state index in [1.807, 2.05) is 33.8 Å². The van der Waals surface area contributed by atoms with E-state index in [0.717, 1.165) is 31.6 Å². The van der Waals surface area contributed by atoms with Crippen LogP contribution in [0.3, 0.4) is 0 Å². The van der Waals surface area contributed by atoms with Gasteiger partial charge in [-0.15, -0.1) is 4.91 Å². The largest absolute Gasteiger partial charge is 0.494 e. The molecule has 0 unspecified atom stereocenters. The molecule has 6 nitrogen and oxygen atoms in total. The molecular weight excluding hydrogens is 308 g/mol. The molecule has 1 aromatic rings. The predicted octanol–water partition coefficient (Wildman–Crippen LogP) is 4.37. The molecule has 1 aliphatic heterocycles. The first kappa shape index (κ1) is 24.3. The topological polar surface area (TPSA) is 90.5 Å². The highest BCUT2D eigenvalue weighted by atomic mass is 16.5. The number of ether oxygens (including phenoxy) is 1. The summed E-state index contributed by atoms with van der Waals surface area (Å²) < 4.78 is 5.15. The van der Waals surface area contributed by atoms with Gasteiger partial charge < -0.3 is 15.1 Å². The van der Waals surface area contributed by atoms with Gasteiger partial charge in [0.05, 0.1) is 7.11 Å². The Labute approximate surface area is 147 Å². The van der Waals surface area contributed by atoms with Crippen molar-refractivity contribution in [1.29, 1.82) is 0 Å². The minimum absolute atomic E-state index is 0. The van der Waals surface area contributed by atoms with E-state index < -0.39 is 0 Å². The number of nitroso groups, excluding NO2 is 1. The number of carbonyl (C=O) groups is 1. The second-order valence-electron chi connectivity index (χ2n) is 4.84. The number of rotatable bonds is 4. The molecule has 1 saturated heterocycles. The summed E-state index contributed by atoms with van der Waals surface area (Å²) in [6.07, 6.45) is 1.96. The molecule has 0 aliphatic carbocycles. The van der Waals surface area contributed by atoms with Gasteiger partial charge >= 0.3 is 0 Å². The van der Waals surface area contributed by atoms with Crippen LogP contribution in [-0.4, -0.2) is 31.5 Å². The Balaban J connectivity index is -0.000000752. The second-order valence-corrected chi connectivity index (χ2v) is 4.84. The zero-order valence-corrected chi connectivity index (χ0v) is 15.8. The summed E-state index contributed by atoms with van der Waals surface area (Å²) in [6.45, 7) is 11.3. The standard InChI is InChI=1S/C14H18N2O3.2C2H6.H2O.H2/c1-10(17)11-4-3-7-16(9-11)12-5-6-13(15-18)14(8-12)19-2;2*1-2;;/h5-6,8,11H,3-4,7,9H2,1-2H3;2*1-2H3;1H2;1H/t11-;;;;/m0..../s1. The molecule has 2 rings (SSSR count). The Bertz CT molecular complexity index is 498. The number of hydrogen-bond donors (Lipinski definition) is 0. The summed E-state index contributed by atoms with van der Waals surface area (Å²) in [4.78, 5) is 24.3. The molecule has 0 aromatic heterocycles. The van der Waals surface area contributed by atoms with Gasteiger partial charge in [0, 0.05) is 32.2 Å². The summed E-state index contributed by atoms with van der Waals surface area (Å²) in [5.74, 6) is 0.809. The molecule has 1 heterocycles. The number of benzene rings is 1. The van der Waals surface area contributed by atoms with Gasteiger partial charge in [0.1, 0.15) is 17.2 Å². The molecular formula is C18H34N2O4. The van der Waals surface area contributed by atoms with Gasteiger partial charge in [0.25, 0.3) is 0 Å². The average Bonchev–Trinajstić information content (AvgIpc) is 2.64. The first-order valence-corrected chi connectivity index (χ1v) is 8.42. The number of methoxy groups -OCH3 is 1. The third-order valence-electron chi connectivity index (χ3n) is 3.62. The van der Waals surface area contributed by atoms with Crippen LogP contribution in [0.2, 0.25) is 0 Å². The monoisotopic (exact) mass is 342 g/mol. The fourth-order valence-corrected chi connectivity index (χ4v) is 2.48. The number of ketones is 1. The maximum absolute atomic E-state index is 11.5. The minimum Gasteiger partial charge on any atom is -0.494 e. The van der Waals surface area contributed by atoms with Gasteiger partial charge in [0.15, 0.2) is 0 Å². The lowest BCUT2D eigenvalue weighted by Crippen LogP contribution is -2.38. The van der Waals surface area contributed by atoms with Crippen LogP contribution < -0.4 is 9.64 Å². The third kappa shape index (κ3) is 6.66. The van der Waals surface area contributed by atoms with Crippen LogP contribution in [-0.2, 0) is 4.79 Å². The molecule has 0 amide bonds. The number of hydrogen-bond acceptors (Lipinski definition) is 5. The number of carbonyl (C=O) groups excluding carboxylic acids is 1. The fraction of sp³-hybridized carbons (Fsp3) is 0.611. The van der Waals surface area contributed by atoms with Crippen molar-refractivity contribution >= 4 is 17.2 Å². The van der Waals surface area contributed by atoms with E-state index in [1.54, 1.807) is 19.1 Å². The second kappa shape index (κ2) is 13.5. The maximum atomic E-state index is 11.5. The molecule has 24 heavy (non-hydrogen) atoms. The molecule has 1 aromatic carbocycles. The molecule has 2 N–H and O–H groups in total. The van der Waals surface area contributed by atoms with Crippen molar-refractivity contribution in [2.24, 2.45) is 11.1 Å². The number of nitrogens with zero attached hydrogens (tertiary/aromatic N) is 2. The Morgan fingerprint density at radius 1 is 1.29 bits per heavy atom. The van der Waals surface area contributed by atoms with Crippen molar-refractivity contribution in [2.75, 3.05) is 25.1 Å². The van der Waals surface area contributed by atoms with Gasteiger partial charge in [-0.3, -0.25) is 4.79 Å². The zero-order valence-electron chi connectivity index (χ0n) is 15.8. The summed E-state index contributed by atoms with van der Waals surface area (Å²) in [5, 5.41) is 2.92. The van der Waals surface area contributed by atoms with Crippen LogP contribution in [0, 0.1) is 10.8 Å². The fourth-order valence-electron chi connectivity index (χ4n) is 2.48. The molecule has 6 heteroatoms. The summed E-state index contributed by atoms with van der Waals surface area (Å²) in [5.41, 5.74) is 1.27. The van der Waals surface area contributed by atoms with E-state index in [4.69, 9.17) is 4.74 Å². The molecule has 1 aliphatic rings. The van der Waals surface area contributed by atoms with Gasteiger partial charge in [-0.25, -0.2) is 0 Å². The van der Waals surface area contributed by atoms with Gasteiger partial charge in [-0.2, -0.15) is 0 Å². The van der Waals surface area contributed by atoms with Crippen molar-refractivity contribution in [3.8, 4) is 5.75 Å². The van der Waals surface area contributed by atoms with Crippen molar-refractivity contribution < 1.29 is 16.4 Å². The van der Waals surface area contributed by atoms with Crippen molar-refractivity contribution in [1.82, 2.24) is 0 Å². The highest BCUT2D eigenvalue weighted by molar-refractivity contribution is 5.79. The SMILES string of the molecule is CC.CC.COc1cc(N2CCC[C@H](C(C)=O)C2)ccc1N=O.O.[HH]. The lowest BCUT2D eigenvalue weighted by molar-refractivity contribution is -0.120. The van der Waals surface area contributed by atoms with Crippen LogP contribution in [0.5, 0.6) is 5.75 Å². The summed E-state index contributed by atoms with van der Waals surface area (Å²) in [7, 11) is 1.52. The van der Waals surface area contributed by atoms with E-state index in [9.17, 15) is 9.70 Å². The van der Waals surface area contributed by atoms with Crippen molar-refractivity contribution in [3.05, 3.63) is 23.1 Å². The maximum Gasteiger partial charge on any atom is 0.150 e. The van der Waals surface area contributed by atoms with Gasteiger partial charge in [-0.1, -0.05) is 27.7 Å². The molecule has 1 atom stereocenters. The predicted molar refractivity (Wildman–Crippen MR) is 102 cm³/mol. The highest BCUT2D eigenvalue weighted by Crippen LogP contribution is 2.33. The lowest BCUT2D eigenvalue weighted by atomic mass is 9.94. The average molecular weight is 342 g/mol. The summed E-state index contributed by atoms with van der Waals surface area (Å²) in [6, 6.07) is 5.31. The smallest absolute Gasteiger partial charge is 0.150 e. The van der Waals surface area contributed by atoms with Crippen molar-refractivity contribution in [2.45, 2.75) is 47.5 Å². The first-order valence-electron chi connectivity index (χ1n) is 8.42. The first-order chi connectivity index (χ1) is 11.2. The number of Topliss-reactive ketones (excluding diaryl/α,β-unsaturated/α-hetero) is 1. The highest BCUT2D eigenvalue weighted by Gasteiger charge is 2.23. The molecule has 0 saturated carbocycles. The van der Waals surface area contributed by atoms with E-state index >= 15 is 0 Å². The van der Waals surface area contributed by atoms with Crippen molar-refractivity contribution in [3.63, 3.8) is 0 Å². The Morgan fingerprint density at radius 3 is 2.42 bits per heavy atom.